The van der Waals surface area contributed by atoms with Crippen LogP contribution in [-0.4, -0.2) is 18.5 Å². The molecule has 0 bridgehead atoms. The van der Waals surface area contributed by atoms with Crippen molar-refractivity contribution < 1.29 is 4.39 Å². The summed E-state index contributed by atoms with van der Waals surface area (Å²) in [5.41, 5.74) is 0.870. The van der Waals surface area contributed by atoms with Gasteiger partial charge in [-0.2, -0.15) is 5.26 Å². The van der Waals surface area contributed by atoms with Crippen LogP contribution in [0.4, 0.5) is 4.39 Å². The fourth-order valence-electron chi connectivity index (χ4n) is 1.83. The zero-order valence-corrected chi connectivity index (χ0v) is 11.4. The SMILES string of the molecule is CN(CCCC(C)(C)C#N)Cc1ccc(F)cc1. The van der Waals surface area contributed by atoms with Crippen LogP contribution in [0.3, 0.4) is 0 Å². The van der Waals surface area contributed by atoms with Crippen LogP contribution in [0, 0.1) is 22.6 Å². The van der Waals surface area contributed by atoms with E-state index in [1.165, 1.54) is 12.1 Å². The van der Waals surface area contributed by atoms with Gasteiger partial charge in [0, 0.05) is 6.54 Å². The maximum atomic E-state index is 12.8. The van der Waals surface area contributed by atoms with E-state index < -0.39 is 0 Å². The molecule has 0 saturated heterocycles. The highest BCUT2D eigenvalue weighted by Gasteiger charge is 2.15. The molecule has 0 atom stereocenters. The lowest BCUT2D eigenvalue weighted by Gasteiger charge is -2.19. The molecule has 0 saturated carbocycles. The van der Waals surface area contributed by atoms with E-state index in [9.17, 15) is 4.39 Å². The van der Waals surface area contributed by atoms with Crippen LogP contribution in [0.5, 0.6) is 0 Å². The van der Waals surface area contributed by atoms with E-state index >= 15 is 0 Å². The van der Waals surface area contributed by atoms with Crippen LogP contribution < -0.4 is 0 Å². The zero-order chi connectivity index (χ0) is 13.6. The summed E-state index contributed by atoms with van der Waals surface area (Å²) >= 11 is 0. The van der Waals surface area contributed by atoms with Crippen molar-refractivity contribution in [2.24, 2.45) is 5.41 Å². The highest BCUT2D eigenvalue weighted by atomic mass is 19.1. The van der Waals surface area contributed by atoms with Crippen LogP contribution in [-0.2, 0) is 6.54 Å². The van der Waals surface area contributed by atoms with Gasteiger partial charge in [-0.3, -0.25) is 0 Å². The quantitative estimate of drug-likeness (QED) is 0.769. The fraction of sp³-hybridized carbons (Fsp3) is 0.533. The van der Waals surface area contributed by atoms with Gasteiger partial charge >= 0.3 is 0 Å². The van der Waals surface area contributed by atoms with Crippen molar-refractivity contribution in [3.63, 3.8) is 0 Å². The van der Waals surface area contributed by atoms with Gasteiger partial charge in [-0.25, -0.2) is 4.39 Å². The molecule has 0 aliphatic carbocycles. The molecule has 0 aliphatic rings. The van der Waals surface area contributed by atoms with Gasteiger partial charge in [0.25, 0.3) is 0 Å². The molecule has 0 aliphatic heterocycles. The number of hydrogen-bond donors (Lipinski definition) is 0. The minimum atomic E-state index is -0.239. The molecule has 0 radical (unpaired) electrons. The average molecular weight is 248 g/mol. The van der Waals surface area contributed by atoms with Gasteiger partial charge in [0.1, 0.15) is 5.82 Å². The van der Waals surface area contributed by atoms with E-state index in [0.29, 0.717) is 0 Å². The summed E-state index contributed by atoms with van der Waals surface area (Å²) in [7, 11) is 2.04. The Hall–Kier alpha value is -1.40. The summed E-state index contributed by atoms with van der Waals surface area (Å²) in [5.74, 6) is -0.197. The van der Waals surface area contributed by atoms with E-state index in [1.54, 1.807) is 0 Å². The van der Waals surface area contributed by atoms with Crippen molar-refractivity contribution in [2.45, 2.75) is 33.2 Å². The summed E-state index contributed by atoms with van der Waals surface area (Å²) in [4.78, 5) is 2.20. The monoisotopic (exact) mass is 248 g/mol. The topological polar surface area (TPSA) is 27.0 Å². The fourth-order valence-corrected chi connectivity index (χ4v) is 1.83. The Morgan fingerprint density at radius 3 is 2.44 bits per heavy atom. The standard InChI is InChI=1S/C15H21FN2/c1-15(2,12-17)9-4-10-18(3)11-13-5-7-14(16)8-6-13/h5-8H,4,9-11H2,1-3H3. The molecule has 0 N–H and O–H groups in total. The molecule has 1 aromatic carbocycles. The number of rotatable bonds is 6. The molecule has 1 rings (SSSR count). The van der Waals surface area contributed by atoms with Crippen LogP contribution >= 0.6 is 0 Å². The van der Waals surface area contributed by atoms with Gasteiger partial charge in [0.15, 0.2) is 0 Å². The minimum absolute atomic E-state index is 0.197. The van der Waals surface area contributed by atoms with Crippen LogP contribution in [0.25, 0.3) is 0 Å². The van der Waals surface area contributed by atoms with E-state index in [-0.39, 0.29) is 11.2 Å². The second-order valence-electron chi connectivity index (χ2n) is 5.46. The van der Waals surface area contributed by atoms with E-state index in [1.807, 2.05) is 33.0 Å². The van der Waals surface area contributed by atoms with Crippen molar-refractivity contribution >= 4 is 0 Å². The lowest BCUT2D eigenvalue weighted by Crippen LogP contribution is -2.21. The molecule has 0 amide bonds. The third kappa shape index (κ3) is 5.29. The Morgan fingerprint density at radius 1 is 1.28 bits per heavy atom. The molecular formula is C15H21FN2. The predicted molar refractivity (Wildman–Crippen MR) is 71.4 cm³/mol. The lowest BCUT2D eigenvalue weighted by molar-refractivity contribution is 0.298. The van der Waals surface area contributed by atoms with Crippen molar-refractivity contribution in [1.29, 1.82) is 5.26 Å². The highest BCUT2D eigenvalue weighted by molar-refractivity contribution is 5.15. The summed E-state index contributed by atoms with van der Waals surface area (Å²) in [6, 6.07) is 8.91. The second kappa shape index (κ2) is 6.51. The number of hydrogen-bond acceptors (Lipinski definition) is 2. The van der Waals surface area contributed by atoms with Gasteiger partial charge in [-0.15, -0.1) is 0 Å². The van der Waals surface area contributed by atoms with Crippen molar-refractivity contribution in [3.05, 3.63) is 35.6 Å². The van der Waals surface area contributed by atoms with Gasteiger partial charge in [0.2, 0.25) is 0 Å². The van der Waals surface area contributed by atoms with Crippen molar-refractivity contribution in [2.75, 3.05) is 13.6 Å². The maximum Gasteiger partial charge on any atom is 0.123 e. The zero-order valence-electron chi connectivity index (χ0n) is 11.4. The number of nitrogens with zero attached hydrogens (tertiary/aromatic N) is 2. The van der Waals surface area contributed by atoms with Gasteiger partial charge < -0.3 is 4.90 Å². The van der Waals surface area contributed by atoms with Crippen molar-refractivity contribution in [3.8, 4) is 6.07 Å². The first-order valence-electron chi connectivity index (χ1n) is 6.27. The lowest BCUT2D eigenvalue weighted by atomic mass is 9.90. The first-order chi connectivity index (χ1) is 8.43. The summed E-state index contributed by atoms with van der Waals surface area (Å²) in [6.07, 6.45) is 1.90. The maximum absolute atomic E-state index is 12.8. The molecule has 0 fully saturated rings. The first kappa shape index (κ1) is 14.7. The normalized spacial score (nSPS) is 11.6. The number of halogens is 1. The molecule has 2 nitrogen and oxygen atoms in total. The molecule has 98 valence electrons. The Kier molecular flexibility index (Phi) is 5.30. The second-order valence-corrected chi connectivity index (χ2v) is 5.46. The van der Waals surface area contributed by atoms with Gasteiger partial charge in [-0.05, 0) is 58.0 Å². The third-order valence-electron chi connectivity index (χ3n) is 3.01. The Labute approximate surface area is 109 Å². The molecular weight excluding hydrogens is 227 g/mol. The first-order valence-corrected chi connectivity index (χ1v) is 6.27. The van der Waals surface area contributed by atoms with Crippen molar-refractivity contribution in [1.82, 2.24) is 4.90 Å². The smallest absolute Gasteiger partial charge is 0.123 e. The molecule has 0 spiro atoms. The Balaban J connectivity index is 2.32. The molecule has 1 aromatic rings. The summed E-state index contributed by atoms with van der Waals surface area (Å²) < 4.78 is 12.8. The molecule has 0 unspecified atom stereocenters. The summed E-state index contributed by atoms with van der Waals surface area (Å²) in [5, 5.41) is 8.92. The molecule has 0 aromatic heterocycles. The van der Waals surface area contributed by atoms with Crippen LogP contribution in [0.15, 0.2) is 24.3 Å². The van der Waals surface area contributed by atoms with Crippen LogP contribution in [0.2, 0.25) is 0 Å². The summed E-state index contributed by atoms with van der Waals surface area (Å²) in [6.45, 7) is 5.69. The minimum Gasteiger partial charge on any atom is -0.302 e. The largest absolute Gasteiger partial charge is 0.302 e. The average Bonchev–Trinajstić information content (AvgIpc) is 2.32. The Bertz CT molecular complexity index is 403. The molecule has 18 heavy (non-hydrogen) atoms. The molecule has 3 heteroatoms. The van der Waals surface area contributed by atoms with E-state index in [0.717, 1.165) is 31.5 Å². The Morgan fingerprint density at radius 2 is 1.89 bits per heavy atom. The van der Waals surface area contributed by atoms with E-state index in [4.69, 9.17) is 5.26 Å². The van der Waals surface area contributed by atoms with E-state index in [2.05, 4.69) is 11.0 Å². The highest BCUT2D eigenvalue weighted by Crippen LogP contribution is 2.20. The van der Waals surface area contributed by atoms with Crippen LogP contribution in [0.1, 0.15) is 32.3 Å². The van der Waals surface area contributed by atoms with Gasteiger partial charge in [0.05, 0.1) is 11.5 Å². The number of benzene rings is 1. The number of nitriles is 1. The van der Waals surface area contributed by atoms with Gasteiger partial charge in [-0.1, -0.05) is 12.1 Å². The molecule has 0 heterocycles. The predicted octanol–water partition coefficient (Wildman–Crippen LogP) is 3.59. The third-order valence-corrected chi connectivity index (χ3v) is 3.01.